The minimum absolute atomic E-state index is 0.0860. The summed E-state index contributed by atoms with van der Waals surface area (Å²) in [5.74, 6) is 0.125. The maximum atomic E-state index is 12.0. The zero-order valence-electron chi connectivity index (χ0n) is 13.3. The summed E-state index contributed by atoms with van der Waals surface area (Å²) in [6.07, 6.45) is 1.63. The van der Waals surface area contributed by atoms with Gasteiger partial charge in [-0.1, -0.05) is 28.9 Å². The van der Waals surface area contributed by atoms with Gasteiger partial charge in [0.25, 0.3) is 0 Å². The molecule has 0 saturated carbocycles. The van der Waals surface area contributed by atoms with Crippen molar-refractivity contribution in [3.63, 3.8) is 0 Å². The van der Waals surface area contributed by atoms with Crippen molar-refractivity contribution in [2.45, 2.75) is 13.3 Å². The minimum atomic E-state index is -3.65. The molecule has 0 bridgehead atoms. The highest BCUT2D eigenvalue weighted by atomic mass is 35.5. The molecule has 0 saturated heterocycles. The maximum absolute atomic E-state index is 12.0. The quantitative estimate of drug-likeness (QED) is 0.800. The number of carbonyl (C=O) groups excluding carboxylic acids is 1. The van der Waals surface area contributed by atoms with E-state index in [1.54, 1.807) is 19.1 Å². The van der Waals surface area contributed by atoms with E-state index in [2.05, 4.69) is 10.5 Å². The van der Waals surface area contributed by atoms with Gasteiger partial charge in [0.15, 0.2) is 5.82 Å². The Morgan fingerprint density at radius 1 is 1.33 bits per heavy atom. The standard InChI is InChI=1S/C15H18ClN3O4S/c1-11-9-14(18-23-11)19(24(2,21)22)10-15(20)17-8-7-12-3-5-13(16)6-4-12/h3-6,9H,7-8,10H2,1-2H3,(H,17,20). The van der Waals surface area contributed by atoms with Gasteiger partial charge >= 0.3 is 0 Å². The number of hydrogen-bond donors (Lipinski definition) is 1. The van der Waals surface area contributed by atoms with E-state index >= 15 is 0 Å². The summed E-state index contributed by atoms with van der Waals surface area (Å²) < 4.78 is 29.5. The number of nitrogens with zero attached hydrogens (tertiary/aromatic N) is 2. The predicted octanol–water partition coefficient (Wildman–Crippen LogP) is 1.76. The summed E-state index contributed by atoms with van der Waals surface area (Å²) in [5, 5.41) is 6.99. The summed E-state index contributed by atoms with van der Waals surface area (Å²) >= 11 is 5.81. The molecular formula is C15H18ClN3O4S. The number of anilines is 1. The van der Waals surface area contributed by atoms with Gasteiger partial charge in [-0.15, -0.1) is 0 Å². The Kier molecular flexibility index (Phi) is 5.84. The summed E-state index contributed by atoms with van der Waals surface area (Å²) in [5.41, 5.74) is 1.02. The van der Waals surface area contributed by atoms with Crippen molar-refractivity contribution < 1.29 is 17.7 Å². The molecule has 0 unspecified atom stereocenters. The van der Waals surface area contributed by atoms with Crippen LogP contribution in [0.5, 0.6) is 0 Å². The largest absolute Gasteiger partial charge is 0.360 e. The highest BCUT2D eigenvalue weighted by Crippen LogP contribution is 2.16. The topological polar surface area (TPSA) is 92.5 Å². The molecule has 7 nitrogen and oxygen atoms in total. The second kappa shape index (κ2) is 7.67. The van der Waals surface area contributed by atoms with E-state index in [9.17, 15) is 13.2 Å². The molecule has 0 atom stereocenters. The van der Waals surface area contributed by atoms with Crippen LogP contribution in [0.15, 0.2) is 34.9 Å². The zero-order valence-corrected chi connectivity index (χ0v) is 14.9. The van der Waals surface area contributed by atoms with Crippen LogP contribution in [-0.2, 0) is 21.2 Å². The Labute approximate surface area is 145 Å². The molecule has 1 aromatic carbocycles. The van der Waals surface area contributed by atoms with Crippen LogP contribution in [-0.4, -0.2) is 38.8 Å². The Balaban J connectivity index is 1.92. The smallest absolute Gasteiger partial charge is 0.240 e. The number of benzene rings is 1. The van der Waals surface area contributed by atoms with E-state index in [4.69, 9.17) is 16.1 Å². The van der Waals surface area contributed by atoms with Gasteiger partial charge in [0, 0.05) is 17.6 Å². The van der Waals surface area contributed by atoms with Crippen molar-refractivity contribution in [1.82, 2.24) is 10.5 Å². The number of nitrogens with one attached hydrogen (secondary N) is 1. The summed E-state index contributed by atoms with van der Waals surface area (Å²) in [6.45, 7) is 1.67. The molecule has 0 aliphatic rings. The number of sulfonamides is 1. The third-order valence-electron chi connectivity index (χ3n) is 3.21. The molecule has 0 spiro atoms. The first kappa shape index (κ1) is 18.3. The molecule has 1 N–H and O–H groups in total. The summed E-state index contributed by atoms with van der Waals surface area (Å²) in [7, 11) is -3.65. The van der Waals surface area contributed by atoms with Crippen LogP contribution in [0.2, 0.25) is 5.02 Å². The monoisotopic (exact) mass is 371 g/mol. The zero-order chi connectivity index (χ0) is 17.7. The molecule has 2 aromatic rings. The van der Waals surface area contributed by atoms with Gasteiger partial charge in [0.2, 0.25) is 15.9 Å². The first-order valence-electron chi connectivity index (χ1n) is 7.18. The van der Waals surface area contributed by atoms with Gasteiger partial charge in [0.05, 0.1) is 6.26 Å². The van der Waals surface area contributed by atoms with Gasteiger partial charge < -0.3 is 9.84 Å². The van der Waals surface area contributed by atoms with Gasteiger partial charge in [-0.3, -0.25) is 4.79 Å². The molecule has 0 aliphatic carbocycles. The number of hydrogen-bond acceptors (Lipinski definition) is 5. The molecule has 1 aromatic heterocycles. The van der Waals surface area contributed by atoms with Crippen LogP contribution >= 0.6 is 11.6 Å². The fourth-order valence-electron chi connectivity index (χ4n) is 2.02. The van der Waals surface area contributed by atoms with Crippen molar-refractivity contribution in [2.75, 3.05) is 23.7 Å². The van der Waals surface area contributed by atoms with Crippen LogP contribution < -0.4 is 9.62 Å². The van der Waals surface area contributed by atoms with Gasteiger partial charge in [-0.05, 0) is 31.0 Å². The Morgan fingerprint density at radius 3 is 2.54 bits per heavy atom. The summed E-state index contributed by atoms with van der Waals surface area (Å²) in [6, 6.07) is 8.75. The first-order chi connectivity index (χ1) is 11.3. The highest BCUT2D eigenvalue weighted by molar-refractivity contribution is 7.92. The van der Waals surface area contributed by atoms with Crippen LogP contribution in [0.4, 0.5) is 5.82 Å². The number of carbonyl (C=O) groups is 1. The first-order valence-corrected chi connectivity index (χ1v) is 9.40. The second-order valence-electron chi connectivity index (χ2n) is 5.29. The van der Waals surface area contributed by atoms with E-state index in [1.807, 2.05) is 12.1 Å². The van der Waals surface area contributed by atoms with E-state index in [0.29, 0.717) is 23.7 Å². The molecule has 2 rings (SSSR count). The molecule has 1 heterocycles. The van der Waals surface area contributed by atoms with Crippen LogP contribution in [0, 0.1) is 6.92 Å². The summed E-state index contributed by atoms with van der Waals surface area (Å²) in [4.78, 5) is 12.0. The Bertz CT molecular complexity index is 802. The number of aryl methyl sites for hydroxylation is 1. The van der Waals surface area contributed by atoms with Crippen LogP contribution in [0.3, 0.4) is 0 Å². The number of amides is 1. The average molecular weight is 372 g/mol. The number of halogens is 1. The molecular weight excluding hydrogens is 354 g/mol. The lowest BCUT2D eigenvalue weighted by molar-refractivity contribution is -0.119. The van der Waals surface area contributed by atoms with Gasteiger partial charge in [0.1, 0.15) is 12.3 Å². The van der Waals surface area contributed by atoms with Crippen molar-refractivity contribution in [3.8, 4) is 0 Å². The molecule has 0 radical (unpaired) electrons. The fraction of sp³-hybridized carbons (Fsp3) is 0.333. The van der Waals surface area contributed by atoms with Crippen LogP contribution in [0.25, 0.3) is 0 Å². The van der Waals surface area contributed by atoms with Crippen molar-refractivity contribution >= 4 is 33.3 Å². The Hall–Kier alpha value is -2.06. The second-order valence-corrected chi connectivity index (χ2v) is 7.64. The lowest BCUT2D eigenvalue weighted by atomic mass is 10.1. The lowest BCUT2D eigenvalue weighted by Gasteiger charge is -2.18. The third kappa shape index (κ3) is 5.24. The molecule has 24 heavy (non-hydrogen) atoms. The van der Waals surface area contributed by atoms with E-state index < -0.39 is 15.9 Å². The van der Waals surface area contributed by atoms with Crippen molar-refractivity contribution in [2.24, 2.45) is 0 Å². The van der Waals surface area contributed by atoms with E-state index in [-0.39, 0.29) is 12.4 Å². The molecule has 0 aliphatic heterocycles. The number of rotatable bonds is 7. The van der Waals surface area contributed by atoms with E-state index in [1.165, 1.54) is 6.07 Å². The normalized spacial score (nSPS) is 11.3. The Morgan fingerprint density at radius 2 is 2.00 bits per heavy atom. The van der Waals surface area contributed by atoms with Crippen LogP contribution in [0.1, 0.15) is 11.3 Å². The van der Waals surface area contributed by atoms with Gasteiger partial charge in [-0.2, -0.15) is 0 Å². The molecule has 0 fully saturated rings. The lowest BCUT2D eigenvalue weighted by Crippen LogP contribution is -2.41. The predicted molar refractivity (Wildman–Crippen MR) is 91.6 cm³/mol. The van der Waals surface area contributed by atoms with E-state index in [0.717, 1.165) is 16.1 Å². The third-order valence-corrected chi connectivity index (χ3v) is 4.58. The highest BCUT2D eigenvalue weighted by Gasteiger charge is 2.23. The molecule has 1 amide bonds. The minimum Gasteiger partial charge on any atom is -0.360 e. The van der Waals surface area contributed by atoms with Gasteiger partial charge in [-0.25, -0.2) is 12.7 Å². The fourth-order valence-corrected chi connectivity index (χ4v) is 2.93. The maximum Gasteiger partial charge on any atom is 0.240 e. The number of aromatic nitrogens is 1. The van der Waals surface area contributed by atoms with Crippen molar-refractivity contribution in [1.29, 1.82) is 0 Å². The molecule has 130 valence electrons. The average Bonchev–Trinajstić information content (AvgIpc) is 2.92. The SMILES string of the molecule is Cc1cc(N(CC(=O)NCCc2ccc(Cl)cc2)S(C)(=O)=O)no1. The molecule has 9 heteroatoms. The van der Waals surface area contributed by atoms with Crippen molar-refractivity contribution in [3.05, 3.63) is 46.7 Å².